The van der Waals surface area contributed by atoms with Gasteiger partial charge in [0.1, 0.15) is 18.1 Å². The Labute approximate surface area is 266 Å². The molecule has 13 atom stereocenters. The van der Waals surface area contributed by atoms with Crippen LogP contribution in [0.1, 0.15) is 127 Å². The van der Waals surface area contributed by atoms with Crippen molar-refractivity contribution in [3.63, 3.8) is 0 Å². The van der Waals surface area contributed by atoms with Gasteiger partial charge >= 0.3 is 11.9 Å². The topological polar surface area (TPSA) is 61.8 Å². The summed E-state index contributed by atoms with van der Waals surface area (Å²) in [4.78, 5) is 29.7. The number of rotatable bonds is 6. The molecule has 0 aliphatic heterocycles. The number of fused-ring (bicyclic) bond motifs is 8. The molecular weight excluding hydrogens is 548 g/mol. The average Bonchev–Trinajstić information content (AvgIpc) is 3.78. The molecule has 7 saturated carbocycles. The Morgan fingerprint density at radius 2 is 1.05 bits per heavy atom. The molecule has 0 heterocycles. The smallest absolute Gasteiger partial charge is 0.340 e. The molecule has 0 radical (unpaired) electrons. The van der Waals surface area contributed by atoms with Gasteiger partial charge < -0.3 is 14.2 Å². The fourth-order valence-electron chi connectivity index (χ4n) is 13.3. The fourth-order valence-corrected chi connectivity index (χ4v) is 13.3. The van der Waals surface area contributed by atoms with Crippen LogP contribution < -0.4 is 0 Å². The van der Waals surface area contributed by atoms with E-state index in [-0.39, 0.29) is 74.6 Å². The normalized spacial score (nSPS) is 54.4. The Hall–Kier alpha value is -1.36. The lowest BCUT2D eigenvalue weighted by Crippen LogP contribution is -2.60. The summed E-state index contributed by atoms with van der Waals surface area (Å²) in [5, 5.41) is 0. The van der Waals surface area contributed by atoms with E-state index >= 15 is 4.79 Å². The van der Waals surface area contributed by atoms with Crippen molar-refractivity contribution in [2.24, 2.45) is 68.0 Å². The van der Waals surface area contributed by atoms with E-state index in [2.05, 4.69) is 74.5 Å². The number of carbonyl (C=O) groups excluding carboxylic acids is 2. The summed E-state index contributed by atoms with van der Waals surface area (Å²) in [5.41, 5.74) is -1.03. The first-order valence-corrected chi connectivity index (χ1v) is 18.2. The molecule has 0 aromatic heterocycles. The number of allylic oxidation sites excluding steroid dienone is 1. The van der Waals surface area contributed by atoms with Crippen molar-refractivity contribution in [3.05, 3.63) is 12.2 Å². The van der Waals surface area contributed by atoms with Crippen LogP contribution in [0.5, 0.6) is 0 Å². The van der Waals surface area contributed by atoms with Crippen LogP contribution >= 0.6 is 0 Å². The second-order valence-corrected chi connectivity index (χ2v) is 19.4. The van der Waals surface area contributed by atoms with Crippen molar-refractivity contribution in [1.29, 1.82) is 0 Å². The van der Waals surface area contributed by atoms with E-state index in [9.17, 15) is 4.79 Å². The predicted octanol–water partition coefficient (Wildman–Crippen LogP) is 8.29. The van der Waals surface area contributed by atoms with Gasteiger partial charge in [0.25, 0.3) is 0 Å². The van der Waals surface area contributed by atoms with Crippen LogP contribution in [0, 0.1) is 68.0 Å². The molecule has 8 rings (SSSR count). The SMILES string of the molecule is CC1(C)C2CCC1(C)C(OC(=O)C1C3C=CC(C3)C1(OC1CC3CCC1(C)C3(C)C)C(=O)OC1CC3CCC1(C)C3(C)C)C2. The molecule has 0 aromatic rings. The van der Waals surface area contributed by atoms with Gasteiger partial charge in [-0.15, -0.1) is 0 Å². The second kappa shape index (κ2) is 8.75. The number of hydrogen-bond acceptors (Lipinski definition) is 5. The third kappa shape index (κ3) is 3.27. The fraction of sp³-hybridized carbons (Fsp3) is 0.897. The maximum Gasteiger partial charge on any atom is 0.340 e. The zero-order valence-electron chi connectivity index (χ0n) is 29.0. The zero-order valence-corrected chi connectivity index (χ0v) is 29.0. The molecule has 5 nitrogen and oxygen atoms in total. The molecule has 0 spiro atoms. The minimum Gasteiger partial charge on any atom is -0.461 e. The van der Waals surface area contributed by atoms with Gasteiger partial charge in [0.05, 0.1) is 6.10 Å². The van der Waals surface area contributed by atoms with E-state index in [1.165, 1.54) is 19.3 Å². The molecule has 244 valence electrons. The first kappa shape index (κ1) is 30.0. The quantitative estimate of drug-likeness (QED) is 0.225. The van der Waals surface area contributed by atoms with Crippen molar-refractivity contribution in [3.8, 4) is 0 Å². The van der Waals surface area contributed by atoms with E-state index in [0.29, 0.717) is 17.8 Å². The molecule has 7 fully saturated rings. The lowest BCUT2D eigenvalue weighted by molar-refractivity contribution is -0.223. The Kier molecular flexibility index (Phi) is 5.97. The number of esters is 2. The third-order valence-corrected chi connectivity index (χ3v) is 18.1. The van der Waals surface area contributed by atoms with Gasteiger partial charge in [0, 0.05) is 16.7 Å². The molecule has 8 aliphatic carbocycles. The number of ether oxygens (including phenoxy) is 3. The van der Waals surface area contributed by atoms with Gasteiger partial charge in [-0.1, -0.05) is 74.5 Å². The lowest BCUT2D eigenvalue weighted by Gasteiger charge is -2.47. The minimum atomic E-state index is -1.32. The molecule has 0 amide bonds. The van der Waals surface area contributed by atoms with Crippen LogP contribution in [-0.4, -0.2) is 35.9 Å². The highest BCUT2D eigenvalue weighted by Gasteiger charge is 2.73. The monoisotopic (exact) mass is 606 g/mol. The van der Waals surface area contributed by atoms with Crippen LogP contribution in [0.4, 0.5) is 0 Å². The summed E-state index contributed by atoms with van der Waals surface area (Å²) in [6, 6.07) is 0. The number of hydrogen-bond donors (Lipinski definition) is 0. The minimum absolute atomic E-state index is 0.0316. The molecule has 5 heteroatoms. The molecule has 0 aromatic carbocycles. The molecule has 8 aliphatic rings. The summed E-state index contributed by atoms with van der Waals surface area (Å²) < 4.78 is 20.8. The van der Waals surface area contributed by atoms with Crippen molar-refractivity contribution in [1.82, 2.24) is 0 Å². The summed E-state index contributed by atoms with van der Waals surface area (Å²) in [7, 11) is 0. The van der Waals surface area contributed by atoms with Crippen LogP contribution in [0.3, 0.4) is 0 Å². The van der Waals surface area contributed by atoms with Crippen LogP contribution in [0.25, 0.3) is 0 Å². The van der Waals surface area contributed by atoms with Crippen LogP contribution in [0.15, 0.2) is 12.2 Å². The predicted molar refractivity (Wildman–Crippen MR) is 169 cm³/mol. The van der Waals surface area contributed by atoms with Gasteiger partial charge in [-0.25, -0.2) is 4.79 Å². The van der Waals surface area contributed by atoms with Crippen LogP contribution in [0.2, 0.25) is 0 Å². The maximum atomic E-state index is 15.1. The van der Waals surface area contributed by atoms with E-state index in [1.54, 1.807) is 0 Å². The lowest BCUT2D eigenvalue weighted by atomic mass is 9.69. The van der Waals surface area contributed by atoms with Gasteiger partial charge in [0.15, 0.2) is 5.60 Å². The average molecular weight is 607 g/mol. The first-order valence-electron chi connectivity index (χ1n) is 18.2. The molecule has 0 saturated heterocycles. The van der Waals surface area contributed by atoms with E-state index in [1.807, 2.05) is 0 Å². The van der Waals surface area contributed by atoms with Crippen molar-refractivity contribution < 1.29 is 23.8 Å². The highest BCUT2D eigenvalue weighted by molar-refractivity contribution is 5.91. The largest absolute Gasteiger partial charge is 0.461 e. The summed E-state index contributed by atoms with van der Waals surface area (Å²) in [6.07, 6.45) is 14.5. The van der Waals surface area contributed by atoms with Gasteiger partial charge in [0.2, 0.25) is 0 Å². The highest BCUT2D eigenvalue weighted by atomic mass is 16.6. The Bertz CT molecular complexity index is 1310. The van der Waals surface area contributed by atoms with Gasteiger partial charge in [-0.05, 0) is 110 Å². The van der Waals surface area contributed by atoms with E-state index < -0.39 is 11.5 Å². The van der Waals surface area contributed by atoms with E-state index in [4.69, 9.17) is 14.2 Å². The first-order chi connectivity index (χ1) is 20.4. The van der Waals surface area contributed by atoms with E-state index in [0.717, 1.165) is 44.9 Å². The van der Waals surface area contributed by atoms with Crippen molar-refractivity contribution in [2.75, 3.05) is 0 Å². The standard InChI is InChI=1S/C39H58O5/c1-33(2)23-12-15-36(33,7)27(19-23)42-31(40)30-22-10-11-26(18-22)39(30,44-29-21-25-14-17-38(29,9)35(25,5)6)32(41)43-28-20-24-13-16-37(28,8)34(24,3)4/h10-11,22-30H,12-21H2,1-9H3. The summed E-state index contributed by atoms with van der Waals surface area (Å²) in [6.45, 7) is 21.3. The summed E-state index contributed by atoms with van der Waals surface area (Å²) in [5.74, 6) is 0.354. The van der Waals surface area contributed by atoms with Gasteiger partial charge in [-0.2, -0.15) is 0 Å². The Morgan fingerprint density at radius 1 is 0.591 bits per heavy atom. The molecule has 44 heavy (non-hydrogen) atoms. The molecule has 13 unspecified atom stereocenters. The third-order valence-electron chi connectivity index (χ3n) is 18.1. The zero-order chi connectivity index (χ0) is 31.5. The van der Waals surface area contributed by atoms with Crippen LogP contribution in [-0.2, 0) is 23.8 Å². The van der Waals surface area contributed by atoms with Gasteiger partial charge in [-0.3, -0.25) is 4.79 Å². The molecule has 8 bridgehead atoms. The number of carbonyl (C=O) groups is 2. The summed E-state index contributed by atoms with van der Waals surface area (Å²) >= 11 is 0. The second-order valence-electron chi connectivity index (χ2n) is 19.4. The van der Waals surface area contributed by atoms with Crippen molar-refractivity contribution in [2.45, 2.75) is 150 Å². The molecule has 0 N–H and O–H groups in total. The Balaban J connectivity index is 1.15. The Morgan fingerprint density at radius 3 is 1.48 bits per heavy atom. The maximum absolute atomic E-state index is 15.1. The van der Waals surface area contributed by atoms with Crippen molar-refractivity contribution >= 4 is 11.9 Å². The highest BCUT2D eigenvalue weighted by Crippen LogP contribution is 2.70. The molecular formula is C39H58O5.